The van der Waals surface area contributed by atoms with Gasteiger partial charge in [-0.1, -0.05) is 17.7 Å². The molecule has 0 N–H and O–H groups in total. The van der Waals surface area contributed by atoms with Gasteiger partial charge in [0.25, 0.3) is 5.91 Å². The van der Waals surface area contributed by atoms with Crippen molar-refractivity contribution in [2.24, 2.45) is 0 Å². The second-order valence-electron chi connectivity index (χ2n) is 6.43. The Hall–Kier alpha value is -2.17. The van der Waals surface area contributed by atoms with Gasteiger partial charge in [-0.05, 0) is 38.3 Å². The Balaban J connectivity index is 1.50. The molecule has 2 aliphatic rings. The fourth-order valence-corrected chi connectivity index (χ4v) is 3.28. The molecule has 0 bridgehead atoms. The maximum absolute atomic E-state index is 12.6. The van der Waals surface area contributed by atoms with Crippen LogP contribution in [0.15, 0.2) is 30.6 Å². The first kappa shape index (κ1) is 13.5. The Morgan fingerprint density at radius 3 is 2.91 bits per heavy atom. The molecule has 2 fully saturated rings. The Bertz CT molecular complexity index is 704. The van der Waals surface area contributed by atoms with Crippen molar-refractivity contribution in [3.63, 3.8) is 0 Å². The maximum atomic E-state index is 12.6. The number of nitrogens with zero attached hydrogens (tertiary/aromatic N) is 4. The van der Waals surface area contributed by atoms with Crippen LogP contribution in [0.3, 0.4) is 0 Å². The molecule has 1 saturated heterocycles. The molecule has 114 valence electrons. The average molecular weight is 296 g/mol. The van der Waals surface area contributed by atoms with E-state index in [1.165, 1.54) is 12.8 Å². The lowest BCUT2D eigenvalue weighted by Gasteiger charge is -2.18. The minimum absolute atomic E-state index is 0.132. The predicted octanol–water partition coefficient (Wildman–Crippen LogP) is 2.55. The van der Waals surface area contributed by atoms with Gasteiger partial charge in [0.1, 0.15) is 12.2 Å². The predicted molar refractivity (Wildman–Crippen MR) is 82.7 cm³/mol. The van der Waals surface area contributed by atoms with E-state index in [4.69, 9.17) is 0 Å². The highest BCUT2D eigenvalue weighted by molar-refractivity contribution is 5.94. The average Bonchev–Trinajstić information content (AvgIpc) is 3.06. The van der Waals surface area contributed by atoms with E-state index in [0.717, 1.165) is 36.5 Å². The third kappa shape index (κ3) is 2.40. The van der Waals surface area contributed by atoms with E-state index in [-0.39, 0.29) is 5.91 Å². The van der Waals surface area contributed by atoms with Gasteiger partial charge in [-0.3, -0.25) is 4.79 Å². The highest BCUT2D eigenvalue weighted by atomic mass is 16.2. The van der Waals surface area contributed by atoms with Crippen molar-refractivity contribution in [1.82, 2.24) is 19.7 Å². The number of carbonyl (C=O) groups is 1. The summed E-state index contributed by atoms with van der Waals surface area (Å²) in [6, 6.07) is 8.14. The zero-order valence-electron chi connectivity index (χ0n) is 12.8. The molecule has 1 amide bonds. The SMILES string of the molecule is Cc1cccc(C(=O)N2CCC(n3cnnc3C3CC3)C2)c1. The molecule has 1 saturated carbocycles. The van der Waals surface area contributed by atoms with Crippen molar-refractivity contribution < 1.29 is 4.79 Å². The Kier molecular flexibility index (Phi) is 3.21. The lowest BCUT2D eigenvalue weighted by Crippen LogP contribution is -2.29. The molecule has 22 heavy (non-hydrogen) atoms. The number of hydrogen-bond acceptors (Lipinski definition) is 3. The summed E-state index contributed by atoms with van der Waals surface area (Å²) in [6.45, 7) is 3.58. The molecule has 1 aromatic carbocycles. The summed E-state index contributed by atoms with van der Waals surface area (Å²) in [5.74, 6) is 1.83. The van der Waals surface area contributed by atoms with Crippen molar-refractivity contribution in [3.05, 3.63) is 47.5 Å². The van der Waals surface area contributed by atoms with Crippen molar-refractivity contribution in [2.45, 2.75) is 38.1 Å². The number of hydrogen-bond donors (Lipinski definition) is 0. The summed E-state index contributed by atoms with van der Waals surface area (Å²) in [7, 11) is 0. The van der Waals surface area contributed by atoms with E-state index in [0.29, 0.717) is 12.0 Å². The number of rotatable bonds is 3. The van der Waals surface area contributed by atoms with Crippen molar-refractivity contribution in [2.75, 3.05) is 13.1 Å². The van der Waals surface area contributed by atoms with Crippen LogP contribution in [-0.4, -0.2) is 38.7 Å². The molecule has 5 heteroatoms. The van der Waals surface area contributed by atoms with Crippen LogP contribution in [0.1, 0.15) is 53.0 Å². The second-order valence-corrected chi connectivity index (χ2v) is 6.43. The molecule has 0 spiro atoms. The summed E-state index contributed by atoms with van der Waals surface area (Å²) in [5, 5.41) is 8.35. The zero-order valence-corrected chi connectivity index (χ0v) is 12.8. The van der Waals surface area contributed by atoms with E-state index < -0.39 is 0 Å². The van der Waals surface area contributed by atoms with Gasteiger partial charge >= 0.3 is 0 Å². The van der Waals surface area contributed by atoms with Gasteiger partial charge in [0.05, 0.1) is 6.04 Å². The van der Waals surface area contributed by atoms with Gasteiger partial charge in [0, 0.05) is 24.6 Å². The summed E-state index contributed by atoms with van der Waals surface area (Å²) in [4.78, 5) is 14.6. The molecule has 5 nitrogen and oxygen atoms in total. The van der Waals surface area contributed by atoms with Gasteiger partial charge in [-0.25, -0.2) is 0 Å². The first-order chi connectivity index (χ1) is 10.7. The fourth-order valence-electron chi connectivity index (χ4n) is 3.28. The van der Waals surface area contributed by atoms with Gasteiger partial charge in [0.2, 0.25) is 0 Å². The largest absolute Gasteiger partial charge is 0.336 e. The lowest BCUT2D eigenvalue weighted by molar-refractivity contribution is 0.0787. The third-order valence-corrected chi connectivity index (χ3v) is 4.65. The van der Waals surface area contributed by atoms with Crippen LogP contribution in [0.25, 0.3) is 0 Å². The Morgan fingerprint density at radius 1 is 1.27 bits per heavy atom. The monoisotopic (exact) mass is 296 g/mol. The van der Waals surface area contributed by atoms with Crippen molar-refractivity contribution in [3.8, 4) is 0 Å². The summed E-state index contributed by atoms with van der Waals surface area (Å²) < 4.78 is 2.20. The third-order valence-electron chi connectivity index (χ3n) is 4.65. The number of aryl methyl sites for hydroxylation is 1. The van der Waals surface area contributed by atoms with Gasteiger partial charge in [-0.2, -0.15) is 0 Å². The molecular formula is C17H20N4O. The summed E-state index contributed by atoms with van der Waals surface area (Å²) in [5.41, 5.74) is 1.91. The van der Waals surface area contributed by atoms with Crippen LogP contribution in [0.2, 0.25) is 0 Å². The highest BCUT2D eigenvalue weighted by Crippen LogP contribution is 2.40. The van der Waals surface area contributed by atoms with Crippen LogP contribution in [0.5, 0.6) is 0 Å². The van der Waals surface area contributed by atoms with E-state index in [1.807, 2.05) is 42.4 Å². The number of aromatic nitrogens is 3. The van der Waals surface area contributed by atoms with Crippen LogP contribution in [0, 0.1) is 6.92 Å². The fraction of sp³-hybridized carbons (Fsp3) is 0.471. The van der Waals surface area contributed by atoms with Crippen LogP contribution >= 0.6 is 0 Å². The van der Waals surface area contributed by atoms with Gasteiger partial charge in [-0.15, -0.1) is 10.2 Å². The molecular weight excluding hydrogens is 276 g/mol. The topological polar surface area (TPSA) is 51.0 Å². The quantitative estimate of drug-likeness (QED) is 0.874. The van der Waals surface area contributed by atoms with Crippen molar-refractivity contribution in [1.29, 1.82) is 0 Å². The molecule has 1 unspecified atom stereocenters. The normalized spacial score (nSPS) is 21.3. The first-order valence-corrected chi connectivity index (χ1v) is 7.98. The molecule has 1 aromatic heterocycles. The summed E-state index contributed by atoms with van der Waals surface area (Å²) >= 11 is 0. The molecule has 1 aliphatic carbocycles. The number of benzene rings is 1. The van der Waals surface area contributed by atoms with E-state index >= 15 is 0 Å². The number of amides is 1. The van der Waals surface area contributed by atoms with E-state index in [9.17, 15) is 4.79 Å². The maximum Gasteiger partial charge on any atom is 0.253 e. The molecule has 2 aromatic rings. The van der Waals surface area contributed by atoms with E-state index in [1.54, 1.807) is 0 Å². The lowest BCUT2D eigenvalue weighted by atomic mass is 10.1. The smallest absolute Gasteiger partial charge is 0.253 e. The summed E-state index contributed by atoms with van der Waals surface area (Å²) in [6.07, 6.45) is 5.25. The second kappa shape index (κ2) is 5.23. The van der Waals surface area contributed by atoms with Gasteiger partial charge < -0.3 is 9.47 Å². The molecule has 0 radical (unpaired) electrons. The minimum atomic E-state index is 0.132. The first-order valence-electron chi connectivity index (χ1n) is 7.98. The Morgan fingerprint density at radius 2 is 2.14 bits per heavy atom. The van der Waals surface area contributed by atoms with Crippen LogP contribution < -0.4 is 0 Å². The van der Waals surface area contributed by atoms with E-state index in [2.05, 4.69) is 14.8 Å². The zero-order chi connectivity index (χ0) is 15.1. The number of likely N-dealkylation sites (tertiary alicyclic amines) is 1. The standard InChI is InChI=1S/C17H20N4O/c1-12-3-2-4-14(9-12)17(22)20-8-7-15(10-20)21-11-18-19-16(21)13-5-6-13/h2-4,9,11,13,15H,5-8,10H2,1H3. The van der Waals surface area contributed by atoms with Crippen molar-refractivity contribution >= 4 is 5.91 Å². The van der Waals surface area contributed by atoms with Crippen LogP contribution in [-0.2, 0) is 0 Å². The van der Waals surface area contributed by atoms with Crippen LogP contribution in [0.4, 0.5) is 0 Å². The molecule has 4 rings (SSSR count). The van der Waals surface area contributed by atoms with Gasteiger partial charge in [0.15, 0.2) is 0 Å². The Labute approximate surface area is 130 Å². The minimum Gasteiger partial charge on any atom is -0.336 e. The number of carbonyl (C=O) groups excluding carboxylic acids is 1. The highest BCUT2D eigenvalue weighted by Gasteiger charge is 2.34. The molecule has 2 heterocycles. The molecule has 1 atom stereocenters. The molecule has 1 aliphatic heterocycles.